The van der Waals surface area contributed by atoms with E-state index in [1.54, 1.807) is 6.92 Å². The van der Waals surface area contributed by atoms with Gasteiger partial charge in [0.05, 0.1) is 5.92 Å². The molecule has 0 aromatic heterocycles. The number of nitrogens with one attached hydrogen (secondary N) is 1. The molecule has 8 heteroatoms. The van der Waals surface area contributed by atoms with Gasteiger partial charge in [-0.15, -0.1) is 0 Å². The Hall–Kier alpha value is 0.1000. The van der Waals surface area contributed by atoms with Gasteiger partial charge in [0.1, 0.15) is 10.4 Å². The van der Waals surface area contributed by atoms with E-state index in [2.05, 4.69) is 5.32 Å². The number of cyclic esters (lactones) is 1. The van der Waals surface area contributed by atoms with Gasteiger partial charge in [-0.2, -0.15) is 0 Å². The first-order valence-corrected chi connectivity index (χ1v) is 7.83. The van der Waals surface area contributed by atoms with Gasteiger partial charge in [0.2, 0.25) is 5.91 Å². The zero-order valence-corrected chi connectivity index (χ0v) is 14.2. The summed E-state index contributed by atoms with van der Waals surface area (Å²) < 4.78 is 2.58. The molecular weight excluding hydrogens is 348 g/mol. The van der Waals surface area contributed by atoms with E-state index in [1.165, 1.54) is 6.92 Å². The van der Waals surface area contributed by atoms with Crippen LogP contribution in [0.1, 0.15) is 39.5 Å². The van der Waals surface area contributed by atoms with E-state index in [-0.39, 0.29) is 11.8 Å². The molecule has 1 heterocycles. The maximum Gasteiger partial charge on any atom is 0.414 e. The molecule has 2 atom stereocenters. The fourth-order valence-electron chi connectivity index (χ4n) is 1.87. The SMILES string of the molecule is C[C@H]1C(=O)NC(=O)O[C@@H]1CCCCC(Cl)(Cl)C(C)(Cl)Cl. The average Bonchev–Trinajstić information content (AvgIpc) is 2.29. The number of alkyl carbamates (subject to hydrolysis) is 1. The van der Waals surface area contributed by atoms with Crippen molar-refractivity contribution in [3.05, 3.63) is 0 Å². The molecule has 1 aliphatic heterocycles. The van der Waals surface area contributed by atoms with Gasteiger partial charge in [-0.05, 0) is 26.2 Å². The highest BCUT2D eigenvalue weighted by atomic mass is 35.5. The van der Waals surface area contributed by atoms with Gasteiger partial charge in [0.25, 0.3) is 0 Å². The summed E-state index contributed by atoms with van der Waals surface area (Å²) in [5.41, 5.74) is 0. The zero-order chi connectivity index (χ0) is 15.6. The molecular formula is C12H17Cl4NO3. The topological polar surface area (TPSA) is 55.4 Å². The molecule has 0 spiro atoms. The first kappa shape index (κ1) is 18.1. The quantitative estimate of drug-likeness (QED) is 0.568. The lowest BCUT2D eigenvalue weighted by Gasteiger charge is -2.30. The Morgan fingerprint density at radius 2 is 1.80 bits per heavy atom. The lowest BCUT2D eigenvalue weighted by atomic mass is 9.96. The lowest BCUT2D eigenvalue weighted by Crippen LogP contribution is -2.48. The molecule has 1 rings (SSSR count). The first-order valence-electron chi connectivity index (χ1n) is 6.32. The second kappa shape index (κ2) is 6.91. The summed E-state index contributed by atoms with van der Waals surface area (Å²) in [6, 6.07) is 0. The van der Waals surface area contributed by atoms with Crippen LogP contribution < -0.4 is 5.32 Å². The van der Waals surface area contributed by atoms with Crippen LogP contribution in [0, 0.1) is 5.92 Å². The molecule has 1 fully saturated rings. The lowest BCUT2D eigenvalue weighted by molar-refractivity contribution is -0.131. The predicted octanol–water partition coefficient (Wildman–Crippen LogP) is 4.19. The van der Waals surface area contributed by atoms with Gasteiger partial charge in [-0.1, -0.05) is 59.7 Å². The standard InChI is InChI=1S/C12H17Cl4NO3/c1-7-8(20-10(19)17-9(7)18)5-3-4-6-12(15,16)11(2,13)14/h7-8H,3-6H2,1-2H3,(H,17,18,19)/t7-,8-/m1/s1. The maximum absolute atomic E-state index is 11.4. The zero-order valence-electron chi connectivity index (χ0n) is 11.2. The number of hydrogen-bond acceptors (Lipinski definition) is 3. The monoisotopic (exact) mass is 363 g/mol. The molecule has 4 nitrogen and oxygen atoms in total. The minimum atomic E-state index is -1.25. The molecule has 2 amide bonds. The summed E-state index contributed by atoms with van der Waals surface area (Å²) in [6.07, 6.45) is 1.20. The summed E-state index contributed by atoms with van der Waals surface area (Å²) in [7, 11) is 0. The Morgan fingerprint density at radius 1 is 1.20 bits per heavy atom. The number of rotatable bonds is 6. The third-order valence-electron chi connectivity index (χ3n) is 3.33. The van der Waals surface area contributed by atoms with Crippen molar-refractivity contribution in [3.63, 3.8) is 0 Å². The van der Waals surface area contributed by atoms with Crippen LogP contribution in [0.25, 0.3) is 0 Å². The largest absolute Gasteiger partial charge is 0.445 e. The first-order chi connectivity index (χ1) is 9.04. The average molecular weight is 365 g/mol. The van der Waals surface area contributed by atoms with Gasteiger partial charge in [0.15, 0.2) is 4.33 Å². The molecule has 0 aromatic rings. The molecule has 0 unspecified atom stereocenters. The van der Waals surface area contributed by atoms with Crippen LogP contribution in [-0.2, 0) is 9.53 Å². The second-order valence-electron chi connectivity index (χ2n) is 5.06. The Kier molecular flexibility index (Phi) is 6.27. The van der Waals surface area contributed by atoms with Gasteiger partial charge in [-0.25, -0.2) is 4.79 Å². The van der Waals surface area contributed by atoms with E-state index in [0.717, 1.165) is 0 Å². The minimum absolute atomic E-state index is 0.315. The van der Waals surface area contributed by atoms with Crippen molar-refractivity contribution in [2.75, 3.05) is 0 Å². The normalized spacial score (nSPS) is 24.3. The van der Waals surface area contributed by atoms with Crippen LogP contribution in [0.4, 0.5) is 4.79 Å². The van der Waals surface area contributed by atoms with Gasteiger partial charge in [0, 0.05) is 0 Å². The molecule has 116 valence electrons. The fourth-order valence-corrected chi connectivity index (χ4v) is 2.33. The van der Waals surface area contributed by atoms with Crippen molar-refractivity contribution in [2.45, 2.75) is 54.3 Å². The summed E-state index contributed by atoms with van der Waals surface area (Å²) >= 11 is 23.9. The van der Waals surface area contributed by atoms with E-state index in [0.29, 0.717) is 25.7 Å². The molecule has 20 heavy (non-hydrogen) atoms. The van der Waals surface area contributed by atoms with Gasteiger partial charge in [-0.3, -0.25) is 10.1 Å². The number of alkyl halides is 4. The Balaban J connectivity index is 2.38. The number of imide groups is 1. The number of carbonyl (C=O) groups is 2. The van der Waals surface area contributed by atoms with Crippen LogP contribution in [0.5, 0.6) is 0 Å². The Morgan fingerprint density at radius 3 is 2.35 bits per heavy atom. The number of halogens is 4. The number of unbranched alkanes of at least 4 members (excludes halogenated alkanes) is 1. The van der Waals surface area contributed by atoms with Crippen LogP contribution >= 0.6 is 46.4 Å². The van der Waals surface area contributed by atoms with Crippen molar-refractivity contribution in [3.8, 4) is 0 Å². The number of ether oxygens (including phenoxy) is 1. The van der Waals surface area contributed by atoms with Crippen LogP contribution in [0.2, 0.25) is 0 Å². The van der Waals surface area contributed by atoms with Gasteiger partial charge < -0.3 is 4.74 Å². The molecule has 1 N–H and O–H groups in total. The minimum Gasteiger partial charge on any atom is -0.445 e. The summed E-state index contributed by atoms with van der Waals surface area (Å²) in [6.45, 7) is 3.25. The van der Waals surface area contributed by atoms with E-state index < -0.39 is 20.9 Å². The number of hydrogen-bond donors (Lipinski definition) is 1. The number of carbonyl (C=O) groups excluding carboxylic acids is 2. The summed E-state index contributed by atoms with van der Waals surface area (Å²) in [5, 5.41) is 2.12. The van der Waals surface area contributed by atoms with Crippen LogP contribution in [-0.4, -0.2) is 26.8 Å². The second-order valence-corrected chi connectivity index (χ2v) is 8.25. The van der Waals surface area contributed by atoms with Crippen molar-refractivity contribution in [1.29, 1.82) is 0 Å². The highest BCUT2D eigenvalue weighted by Gasteiger charge is 2.42. The van der Waals surface area contributed by atoms with Gasteiger partial charge >= 0.3 is 6.09 Å². The van der Waals surface area contributed by atoms with Crippen molar-refractivity contribution in [2.24, 2.45) is 5.92 Å². The van der Waals surface area contributed by atoms with E-state index in [1.807, 2.05) is 0 Å². The Labute approximate surface area is 138 Å². The Bertz CT molecular complexity index is 381. The molecule has 1 saturated heterocycles. The summed E-state index contributed by atoms with van der Waals surface area (Å²) in [4.78, 5) is 22.6. The highest BCUT2D eigenvalue weighted by Crippen LogP contribution is 2.45. The van der Waals surface area contributed by atoms with E-state index in [4.69, 9.17) is 51.1 Å². The smallest absolute Gasteiger partial charge is 0.414 e. The number of amides is 2. The predicted molar refractivity (Wildman–Crippen MR) is 80.6 cm³/mol. The molecule has 0 aliphatic carbocycles. The van der Waals surface area contributed by atoms with Crippen molar-refractivity contribution >= 4 is 58.4 Å². The van der Waals surface area contributed by atoms with E-state index in [9.17, 15) is 9.59 Å². The van der Waals surface area contributed by atoms with Crippen molar-refractivity contribution < 1.29 is 14.3 Å². The molecule has 0 radical (unpaired) electrons. The summed E-state index contributed by atoms with van der Waals surface area (Å²) in [5.74, 6) is -0.680. The third kappa shape index (κ3) is 4.83. The maximum atomic E-state index is 11.4. The third-order valence-corrected chi connectivity index (χ3v) is 5.49. The van der Waals surface area contributed by atoms with Crippen LogP contribution in [0.15, 0.2) is 0 Å². The van der Waals surface area contributed by atoms with Crippen molar-refractivity contribution in [1.82, 2.24) is 5.32 Å². The highest BCUT2D eigenvalue weighted by molar-refractivity contribution is 6.62. The molecule has 1 aliphatic rings. The van der Waals surface area contributed by atoms with E-state index >= 15 is 0 Å². The van der Waals surface area contributed by atoms with Crippen LogP contribution in [0.3, 0.4) is 0 Å². The molecule has 0 saturated carbocycles. The molecule has 0 aromatic carbocycles. The molecule has 0 bridgehead atoms. The fraction of sp³-hybridized carbons (Fsp3) is 0.833.